The van der Waals surface area contributed by atoms with Crippen LogP contribution in [0.4, 0.5) is 17.1 Å². The Kier molecular flexibility index (Phi) is 3.78. The molecule has 3 N–H and O–H groups in total. The molecular weight excluding hydrogens is 278 g/mol. The van der Waals surface area contributed by atoms with E-state index in [1.807, 2.05) is 54.6 Å². The highest BCUT2D eigenvalue weighted by Gasteiger charge is 2.35. The lowest BCUT2D eigenvalue weighted by atomic mass is 10.2. The lowest BCUT2D eigenvalue weighted by molar-refractivity contribution is -0.121. The Hall–Kier alpha value is -2.82. The van der Waals surface area contributed by atoms with Crippen molar-refractivity contribution in [3.63, 3.8) is 0 Å². The van der Waals surface area contributed by atoms with Crippen LogP contribution in [-0.2, 0) is 9.59 Å². The van der Waals surface area contributed by atoms with Crippen LogP contribution in [0.3, 0.4) is 0 Å². The summed E-state index contributed by atoms with van der Waals surface area (Å²) in [5, 5.41) is 3.27. The maximum absolute atomic E-state index is 12.0. The number of carbonyl (C=O) groups is 2. The molecule has 1 fully saturated rings. The van der Waals surface area contributed by atoms with Gasteiger partial charge in [-0.3, -0.25) is 14.5 Å². The Labute approximate surface area is 128 Å². The SMILES string of the molecule is NC(=O)C1CCC(=O)N1c1ccc(Nc2ccccc2)cc1. The second-order valence-electron chi connectivity index (χ2n) is 5.26. The predicted molar refractivity (Wildman–Crippen MR) is 85.9 cm³/mol. The number of nitrogens with one attached hydrogen (secondary N) is 1. The topological polar surface area (TPSA) is 75.4 Å². The molecule has 2 aromatic rings. The summed E-state index contributed by atoms with van der Waals surface area (Å²) in [6, 6.07) is 16.7. The van der Waals surface area contributed by atoms with Gasteiger partial charge in [0.1, 0.15) is 6.04 Å². The van der Waals surface area contributed by atoms with Gasteiger partial charge in [0.15, 0.2) is 0 Å². The monoisotopic (exact) mass is 295 g/mol. The largest absolute Gasteiger partial charge is 0.368 e. The van der Waals surface area contributed by atoms with E-state index in [9.17, 15) is 9.59 Å². The molecule has 2 amide bonds. The molecule has 3 rings (SSSR count). The first-order chi connectivity index (χ1) is 10.6. The lowest BCUT2D eigenvalue weighted by Gasteiger charge is -2.22. The minimum Gasteiger partial charge on any atom is -0.368 e. The Morgan fingerprint density at radius 2 is 1.68 bits per heavy atom. The number of para-hydroxylation sites is 1. The van der Waals surface area contributed by atoms with Crippen LogP contribution >= 0.6 is 0 Å². The number of nitrogens with two attached hydrogens (primary N) is 1. The molecule has 0 radical (unpaired) electrons. The standard InChI is InChI=1S/C17H17N3O2/c18-17(22)15-10-11-16(21)20(15)14-8-6-13(7-9-14)19-12-4-2-1-3-5-12/h1-9,15,19H,10-11H2,(H2,18,22). The van der Waals surface area contributed by atoms with Crippen LogP contribution in [0.15, 0.2) is 54.6 Å². The third-order valence-electron chi connectivity index (χ3n) is 3.75. The van der Waals surface area contributed by atoms with E-state index in [2.05, 4.69) is 5.32 Å². The molecule has 1 unspecified atom stereocenters. The number of nitrogens with zero attached hydrogens (tertiary/aromatic N) is 1. The highest BCUT2D eigenvalue weighted by atomic mass is 16.2. The summed E-state index contributed by atoms with van der Waals surface area (Å²) < 4.78 is 0. The Morgan fingerprint density at radius 1 is 1.05 bits per heavy atom. The van der Waals surface area contributed by atoms with Gasteiger partial charge >= 0.3 is 0 Å². The van der Waals surface area contributed by atoms with E-state index in [1.54, 1.807) is 0 Å². The number of amides is 2. The number of primary amides is 1. The van der Waals surface area contributed by atoms with Gasteiger partial charge in [-0.05, 0) is 42.8 Å². The first-order valence-electron chi connectivity index (χ1n) is 7.18. The zero-order chi connectivity index (χ0) is 15.5. The van der Waals surface area contributed by atoms with Gasteiger partial charge in [-0.25, -0.2) is 0 Å². The molecule has 5 heteroatoms. The van der Waals surface area contributed by atoms with Crippen LogP contribution in [0.2, 0.25) is 0 Å². The summed E-state index contributed by atoms with van der Waals surface area (Å²) in [4.78, 5) is 24.9. The zero-order valence-corrected chi connectivity index (χ0v) is 12.0. The van der Waals surface area contributed by atoms with Gasteiger partial charge in [-0.15, -0.1) is 0 Å². The van der Waals surface area contributed by atoms with Crippen LogP contribution in [0.5, 0.6) is 0 Å². The van der Waals surface area contributed by atoms with E-state index in [0.717, 1.165) is 11.4 Å². The summed E-state index contributed by atoms with van der Waals surface area (Å²) in [6.07, 6.45) is 0.843. The van der Waals surface area contributed by atoms with Crippen molar-refractivity contribution < 1.29 is 9.59 Å². The number of rotatable bonds is 4. The first kappa shape index (κ1) is 14.1. The number of hydrogen-bond donors (Lipinski definition) is 2. The summed E-state index contributed by atoms with van der Waals surface area (Å²) in [5.41, 5.74) is 7.98. The number of benzene rings is 2. The van der Waals surface area contributed by atoms with Crippen molar-refractivity contribution >= 4 is 28.9 Å². The third-order valence-corrected chi connectivity index (χ3v) is 3.75. The second-order valence-corrected chi connectivity index (χ2v) is 5.26. The fraction of sp³-hybridized carbons (Fsp3) is 0.176. The average Bonchev–Trinajstić information content (AvgIpc) is 2.91. The van der Waals surface area contributed by atoms with Crippen molar-refractivity contribution in [1.82, 2.24) is 0 Å². The molecule has 1 aliphatic rings. The summed E-state index contributed by atoms with van der Waals surface area (Å²) >= 11 is 0. The minimum atomic E-state index is -0.541. The van der Waals surface area contributed by atoms with Crippen molar-refractivity contribution in [1.29, 1.82) is 0 Å². The molecule has 0 aliphatic carbocycles. The molecule has 112 valence electrons. The average molecular weight is 295 g/mol. The normalized spacial score (nSPS) is 17.5. The van der Waals surface area contributed by atoms with Crippen molar-refractivity contribution in [2.45, 2.75) is 18.9 Å². The van der Waals surface area contributed by atoms with Gasteiger partial charge in [0.25, 0.3) is 0 Å². The van der Waals surface area contributed by atoms with E-state index in [-0.39, 0.29) is 5.91 Å². The van der Waals surface area contributed by atoms with Crippen LogP contribution in [0.1, 0.15) is 12.8 Å². The molecule has 22 heavy (non-hydrogen) atoms. The van der Waals surface area contributed by atoms with Gasteiger partial charge in [0.2, 0.25) is 11.8 Å². The van der Waals surface area contributed by atoms with Crippen molar-refractivity contribution in [3.05, 3.63) is 54.6 Å². The van der Waals surface area contributed by atoms with E-state index in [1.165, 1.54) is 4.90 Å². The molecule has 0 spiro atoms. The fourth-order valence-electron chi connectivity index (χ4n) is 2.67. The molecule has 1 aliphatic heterocycles. The Morgan fingerprint density at radius 3 is 2.32 bits per heavy atom. The predicted octanol–water partition coefficient (Wildman–Crippen LogP) is 2.41. The lowest BCUT2D eigenvalue weighted by Crippen LogP contribution is -2.42. The van der Waals surface area contributed by atoms with Crippen LogP contribution in [0, 0.1) is 0 Å². The molecule has 0 saturated carbocycles. The number of hydrogen-bond acceptors (Lipinski definition) is 3. The highest BCUT2D eigenvalue weighted by Crippen LogP contribution is 2.28. The summed E-state index contributed by atoms with van der Waals surface area (Å²) in [5.74, 6) is -0.523. The molecule has 5 nitrogen and oxygen atoms in total. The molecule has 1 saturated heterocycles. The quantitative estimate of drug-likeness (QED) is 0.909. The maximum atomic E-state index is 12.0. The van der Waals surface area contributed by atoms with Crippen LogP contribution in [0.25, 0.3) is 0 Å². The number of carbonyl (C=O) groups excluding carboxylic acids is 2. The maximum Gasteiger partial charge on any atom is 0.240 e. The van der Waals surface area contributed by atoms with E-state index >= 15 is 0 Å². The Bertz CT molecular complexity index is 683. The molecule has 0 aromatic heterocycles. The van der Waals surface area contributed by atoms with Gasteiger partial charge in [-0.2, -0.15) is 0 Å². The first-order valence-corrected chi connectivity index (χ1v) is 7.18. The minimum absolute atomic E-state index is 0.0624. The van der Waals surface area contributed by atoms with Gasteiger partial charge < -0.3 is 11.1 Å². The van der Waals surface area contributed by atoms with E-state index in [0.29, 0.717) is 18.5 Å². The fourth-order valence-corrected chi connectivity index (χ4v) is 2.67. The molecule has 0 bridgehead atoms. The highest BCUT2D eigenvalue weighted by molar-refractivity contribution is 6.03. The van der Waals surface area contributed by atoms with E-state index in [4.69, 9.17) is 5.73 Å². The van der Waals surface area contributed by atoms with Gasteiger partial charge in [0.05, 0.1) is 0 Å². The zero-order valence-electron chi connectivity index (χ0n) is 12.0. The second kappa shape index (κ2) is 5.89. The molecule has 1 heterocycles. The van der Waals surface area contributed by atoms with Crippen molar-refractivity contribution in [2.75, 3.05) is 10.2 Å². The van der Waals surface area contributed by atoms with Crippen LogP contribution < -0.4 is 16.0 Å². The molecular formula is C17H17N3O2. The Balaban J connectivity index is 1.79. The van der Waals surface area contributed by atoms with Crippen molar-refractivity contribution in [3.8, 4) is 0 Å². The summed E-state index contributed by atoms with van der Waals surface area (Å²) in [7, 11) is 0. The van der Waals surface area contributed by atoms with Gasteiger partial charge in [0, 0.05) is 23.5 Å². The van der Waals surface area contributed by atoms with Crippen molar-refractivity contribution in [2.24, 2.45) is 5.73 Å². The third kappa shape index (κ3) is 2.79. The van der Waals surface area contributed by atoms with Crippen LogP contribution in [-0.4, -0.2) is 17.9 Å². The van der Waals surface area contributed by atoms with Gasteiger partial charge in [-0.1, -0.05) is 18.2 Å². The van der Waals surface area contributed by atoms with E-state index < -0.39 is 11.9 Å². The summed E-state index contributed by atoms with van der Waals surface area (Å²) in [6.45, 7) is 0. The molecule has 1 atom stereocenters. The molecule has 2 aromatic carbocycles. The smallest absolute Gasteiger partial charge is 0.240 e. The number of anilines is 3.